The Bertz CT molecular complexity index is 472. The second-order valence-electron chi connectivity index (χ2n) is 3.50. The fourth-order valence-corrected chi connectivity index (χ4v) is 1.37. The molecule has 1 N–H and O–H groups in total. The molecular formula is C12H12N4O. The quantitative estimate of drug-likeness (QED) is 0.859. The van der Waals surface area contributed by atoms with Gasteiger partial charge in [0.25, 0.3) is 0 Å². The summed E-state index contributed by atoms with van der Waals surface area (Å²) in [6.07, 6.45) is 9.16. The van der Waals surface area contributed by atoms with Crippen LogP contribution in [0.3, 0.4) is 0 Å². The van der Waals surface area contributed by atoms with E-state index in [2.05, 4.69) is 20.3 Å². The Labute approximate surface area is 99.0 Å². The number of rotatable bonds is 4. The molecule has 0 spiro atoms. The van der Waals surface area contributed by atoms with E-state index < -0.39 is 0 Å². The van der Waals surface area contributed by atoms with Crippen LogP contribution in [0.1, 0.15) is 12.0 Å². The number of anilines is 1. The smallest absolute Gasteiger partial charge is 0.225 e. The summed E-state index contributed by atoms with van der Waals surface area (Å²) in [6, 6.07) is 3.80. The molecular weight excluding hydrogens is 216 g/mol. The minimum absolute atomic E-state index is 0.0747. The third-order valence-corrected chi connectivity index (χ3v) is 2.19. The first-order chi connectivity index (χ1) is 8.34. The van der Waals surface area contributed by atoms with E-state index in [-0.39, 0.29) is 5.91 Å². The van der Waals surface area contributed by atoms with E-state index in [1.165, 1.54) is 12.4 Å². The highest BCUT2D eigenvalue weighted by Crippen LogP contribution is 2.03. The summed E-state index contributed by atoms with van der Waals surface area (Å²) in [5.41, 5.74) is 1.04. The molecule has 5 heteroatoms. The van der Waals surface area contributed by atoms with Gasteiger partial charge in [0, 0.05) is 31.2 Å². The Morgan fingerprint density at radius 2 is 2.06 bits per heavy atom. The lowest BCUT2D eigenvalue weighted by molar-refractivity contribution is -0.116. The second kappa shape index (κ2) is 5.69. The Kier molecular flexibility index (Phi) is 3.75. The number of nitrogens with one attached hydrogen (secondary N) is 1. The number of aryl methyl sites for hydroxylation is 1. The number of hydrogen-bond donors (Lipinski definition) is 1. The highest BCUT2D eigenvalue weighted by atomic mass is 16.1. The van der Waals surface area contributed by atoms with Gasteiger partial charge in [0.2, 0.25) is 5.91 Å². The first-order valence-corrected chi connectivity index (χ1v) is 5.29. The fourth-order valence-electron chi connectivity index (χ4n) is 1.37. The largest absolute Gasteiger partial charge is 0.309 e. The van der Waals surface area contributed by atoms with Gasteiger partial charge in [0.05, 0.1) is 6.20 Å². The van der Waals surface area contributed by atoms with Gasteiger partial charge in [-0.2, -0.15) is 0 Å². The summed E-state index contributed by atoms with van der Waals surface area (Å²) in [6.45, 7) is 0. The topological polar surface area (TPSA) is 67.8 Å². The molecule has 17 heavy (non-hydrogen) atoms. The van der Waals surface area contributed by atoms with Crippen LogP contribution in [0.5, 0.6) is 0 Å². The normalized spacial score (nSPS) is 9.88. The van der Waals surface area contributed by atoms with Gasteiger partial charge in [-0.25, -0.2) is 4.98 Å². The number of aromatic nitrogens is 3. The van der Waals surface area contributed by atoms with Crippen LogP contribution >= 0.6 is 0 Å². The predicted octanol–water partition coefficient (Wildman–Crippen LogP) is 1.44. The zero-order valence-electron chi connectivity index (χ0n) is 9.21. The Morgan fingerprint density at radius 1 is 1.18 bits per heavy atom. The van der Waals surface area contributed by atoms with E-state index in [0.717, 1.165) is 5.56 Å². The summed E-state index contributed by atoms with van der Waals surface area (Å²) in [4.78, 5) is 23.4. The van der Waals surface area contributed by atoms with E-state index in [1.54, 1.807) is 18.6 Å². The van der Waals surface area contributed by atoms with Crippen LogP contribution in [-0.2, 0) is 11.2 Å². The molecule has 2 aromatic rings. The van der Waals surface area contributed by atoms with Crippen molar-refractivity contribution in [2.45, 2.75) is 12.8 Å². The van der Waals surface area contributed by atoms with Crippen LogP contribution in [0, 0.1) is 0 Å². The summed E-state index contributed by atoms with van der Waals surface area (Å²) in [7, 11) is 0. The molecule has 0 radical (unpaired) electrons. The number of hydrogen-bond acceptors (Lipinski definition) is 4. The van der Waals surface area contributed by atoms with Crippen molar-refractivity contribution >= 4 is 11.7 Å². The van der Waals surface area contributed by atoms with Crippen molar-refractivity contribution in [1.82, 2.24) is 15.0 Å². The lowest BCUT2D eigenvalue weighted by atomic mass is 10.1. The van der Waals surface area contributed by atoms with Crippen LogP contribution < -0.4 is 5.32 Å². The zero-order valence-corrected chi connectivity index (χ0v) is 9.21. The maximum atomic E-state index is 11.6. The molecule has 0 aliphatic heterocycles. The first-order valence-electron chi connectivity index (χ1n) is 5.29. The standard InChI is InChI=1S/C12H12N4O/c17-12(16-11-9-14-6-7-15-11)4-3-10-2-1-5-13-8-10/h1-2,5-9H,3-4H2,(H,15,16,17). The number of amides is 1. The molecule has 1 amide bonds. The molecule has 2 aromatic heterocycles. The Balaban J connectivity index is 1.83. The maximum Gasteiger partial charge on any atom is 0.225 e. The molecule has 0 saturated carbocycles. The van der Waals surface area contributed by atoms with Crippen molar-refractivity contribution in [2.75, 3.05) is 5.32 Å². The number of carbonyl (C=O) groups is 1. The summed E-state index contributed by atoms with van der Waals surface area (Å²) >= 11 is 0. The number of nitrogens with zero attached hydrogens (tertiary/aromatic N) is 3. The van der Waals surface area contributed by atoms with Crippen LogP contribution in [0.4, 0.5) is 5.82 Å². The van der Waals surface area contributed by atoms with Gasteiger partial charge in [-0.15, -0.1) is 0 Å². The summed E-state index contributed by atoms with van der Waals surface area (Å²) in [5.74, 6) is 0.401. The fraction of sp³-hybridized carbons (Fsp3) is 0.167. The third kappa shape index (κ3) is 3.64. The lowest BCUT2D eigenvalue weighted by Crippen LogP contribution is -2.13. The molecule has 0 atom stereocenters. The van der Waals surface area contributed by atoms with Crippen molar-refractivity contribution in [3.8, 4) is 0 Å². The summed E-state index contributed by atoms with van der Waals surface area (Å²) in [5, 5.41) is 2.68. The van der Waals surface area contributed by atoms with Gasteiger partial charge in [-0.1, -0.05) is 6.07 Å². The van der Waals surface area contributed by atoms with Crippen LogP contribution in [-0.4, -0.2) is 20.9 Å². The van der Waals surface area contributed by atoms with Gasteiger partial charge in [-0.05, 0) is 18.1 Å². The Morgan fingerprint density at radius 3 is 2.76 bits per heavy atom. The van der Waals surface area contributed by atoms with Crippen molar-refractivity contribution in [3.63, 3.8) is 0 Å². The van der Waals surface area contributed by atoms with E-state index in [4.69, 9.17) is 0 Å². The van der Waals surface area contributed by atoms with Crippen molar-refractivity contribution < 1.29 is 4.79 Å². The molecule has 0 unspecified atom stereocenters. The molecule has 0 saturated heterocycles. The predicted molar refractivity (Wildman–Crippen MR) is 63.2 cm³/mol. The highest BCUT2D eigenvalue weighted by molar-refractivity contribution is 5.89. The van der Waals surface area contributed by atoms with Crippen molar-refractivity contribution in [3.05, 3.63) is 48.7 Å². The minimum atomic E-state index is -0.0747. The summed E-state index contributed by atoms with van der Waals surface area (Å²) < 4.78 is 0. The average Bonchev–Trinajstić information content (AvgIpc) is 2.39. The van der Waals surface area contributed by atoms with Crippen LogP contribution in [0.2, 0.25) is 0 Å². The minimum Gasteiger partial charge on any atom is -0.309 e. The molecule has 0 fully saturated rings. The first kappa shape index (κ1) is 11.2. The number of pyridine rings is 1. The zero-order chi connectivity index (χ0) is 11.9. The average molecular weight is 228 g/mol. The Hall–Kier alpha value is -2.30. The highest BCUT2D eigenvalue weighted by Gasteiger charge is 2.03. The van der Waals surface area contributed by atoms with Crippen molar-refractivity contribution in [1.29, 1.82) is 0 Å². The molecule has 0 aliphatic rings. The van der Waals surface area contributed by atoms with E-state index in [9.17, 15) is 4.79 Å². The van der Waals surface area contributed by atoms with Gasteiger partial charge in [-0.3, -0.25) is 14.8 Å². The van der Waals surface area contributed by atoms with Crippen LogP contribution in [0.15, 0.2) is 43.1 Å². The van der Waals surface area contributed by atoms with Crippen molar-refractivity contribution in [2.24, 2.45) is 0 Å². The van der Waals surface area contributed by atoms with Gasteiger partial charge in [0.15, 0.2) is 5.82 Å². The third-order valence-electron chi connectivity index (χ3n) is 2.19. The second-order valence-corrected chi connectivity index (χ2v) is 3.50. The molecule has 0 aliphatic carbocycles. The SMILES string of the molecule is O=C(CCc1cccnc1)Nc1cnccn1. The van der Waals surface area contributed by atoms with E-state index >= 15 is 0 Å². The molecule has 5 nitrogen and oxygen atoms in total. The monoisotopic (exact) mass is 228 g/mol. The molecule has 86 valence electrons. The maximum absolute atomic E-state index is 11.6. The van der Waals surface area contributed by atoms with E-state index in [0.29, 0.717) is 18.7 Å². The molecule has 2 rings (SSSR count). The van der Waals surface area contributed by atoms with Gasteiger partial charge < -0.3 is 5.32 Å². The van der Waals surface area contributed by atoms with E-state index in [1.807, 2.05) is 12.1 Å². The van der Waals surface area contributed by atoms with Gasteiger partial charge in [0.1, 0.15) is 0 Å². The molecule has 0 aromatic carbocycles. The van der Waals surface area contributed by atoms with Gasteiger partial charge >= 0.3 is 0 Å². The lowest BCUT2D eigenvalue weighted by Gasteiger charge is -2.03. The number of carbonyl (C=O) groups excluding carboxylic acids is 1. The van der Waals surface area contributed by atoms with Crippen LogP contribution in [0.25, 0.3) is 0 Å². The molecule has 2 heterocycles. The molecule has 0 bridgehead atoms.